The van der Waals surface area contributed by atoms with Crippen LogP contribution in [0.25, 0.3) is 0 Å². The zero-order valence-electron chi connectivity index (χ0n) is 12.1. The predicted octanol–water partition coefficient (Wildman–Crippen LogP) is 2.40. The predicted molar refractivity (Wildman–Crippen MR) is 74.1 cm³/mol. The molecule has 0 aromatic rings. The molecule has 3 nitrogen and oxygen atoms in total. The van der Waals surface area contributed by atoms with Gasteiger partial charge < -0.3 is 10.6 Å². The van der Waals surface area contributed by atoms with Crippen LogP contribution in [0.5, 0.6) is 0 Å². The van der Waals surface area contributed by atoms with E-state index in [1.54, 1.807) is 0 Å². The van der Waals surface area contributed by atoms with E-state index in [1.807, 2.05) is 0 Å². The van der Waals surface area contributed by atoms with Crippen molar-refractivity contribution in [2.45, 2.75) is 65.0 Å². The second kappa shape index (κ2) is 5.60. The Morgan fingerprint density at radius 1 is 1.06 bits per heavy atom. The Kier molecular flexibility index (Phi) is 4.31. The Labute approximate surface area is 111 Å². The summed E-state index contributed by atoms with van der Waals surface area (Å²) < 4.78 is 0. The van der Waals surface area contributed by atoms with Crippen molar-refractivity contribution in [1.82, 2.24) is 4.90 Å². The van der Waals surface area contributed by atoms with Gasteiger partial charge in [0.1, 0.15) is 0 Å². The molecule has 5 atom stereocenters. The van der Waals surface area contributed by atoms with Gasteiger partial charge in [0.05, 0.1) is 5.92 Å². The number of nitrogens with two attached hydrogens (primary N) is 1. The van der Waals surface area contributed by atoms with E-state index >= 15 is 0 Å². The topological polar surface area (TPSA) is 46.3 Å². The molecule has 1 aliphatic carbocycles. The molecule has 1 saturated carbocycles. The molecule has 0 bridgehead atoms. The van der Waals surface area contributed by atoms with Crippen molar-refractivity contribution >= 4 is 5.91 Å². The van der Waals surface area contributed by atoms with E-state index in [4.69, 9.17) is 5.73 Å². The molecule has 3 heteroatoms. The molecule has 0 radical (unpaired) electrons. The van der Waals surface area contributed by atoms with E-state index in [1.165, 1.54) is 6.42 Å². The first kappa shape index (κ1) is 13.9. The van der Waals surface area contributed by atoms with Gasteiger partial charge in [0.2, 0.25) is 5.91 Å². The Balaban J connectivity index is 2.01. The van der Waals surface area contributed by atoms with Gasteiger partial charge in [-0.15, -0.1) is 0 Å². The zero-order valence-corrected chi connectivity index (χ0v) is 12.1. The van der Waals surface area contributed by atoms with E-state index in [0.29, 0.717) is 17.9 Å². The van der Waals surface area contributed by atoms with Gasteiger partial charge in [-0.05, 0) is 50.9 Å². The van der Waals surface area contributed by atoms with Crippen LogP contribution < -0.4 is 5.73 Å². The average Bonchev–Trinajstić information content (AvgIpc) is 2.31. The first-order chi connectivity index (χ1) is 8.49. The van der Waals surface area contributed by atoms with E-state index in [0.717, 1.165) is 38.1 Å². The summed E-state index contributed by atoms with van der Waals surface area (Å²) in [4.78, 5) is 14.8. The van der Waals surface area contributed by atoms with Crippen LogP contribution in [0.15, 0.2) is 0 Å². The van der Waals surface area contributed by atoms with Crippen LogP contribution in [0.1, 0.15) is 52.9 Å². The Morgan fingerprint density at radius 3 is 2.39 bits per heavy atom. The summed E-state index contributed by atoms with van der Waals surface area (Å²) in [6.07, 6.45) is 5.46. The van der Waals surface area contributed by atoms with Crippen molar-refractivity contribution < 1.29 is 4.79 Å². The molecule has 104 valence electrons. The van der Waals surface area contributed by atoms with E-state index in [2.05, 4.69) is 25.7 Å². The zero-order chi connectivity index (χ0) is 13.3. The number of piperidine rings is 1. The summed E-state index contributed by atoms with van der Waals surface area (Å²) in [7, 11) is 0. The molecule has 0 aromatic carbocycles. The van der Waals surface area contributed by atoms with Gasteiger partial charge >= 0.3 is 0 Å². The fraction of sp³-hybridized carbons (Fsp3) is 0.933. The van der Waals surface area contributed by atoms with Gasteiger partial charge in [0.25, 0.3) is 0 Å². The third-order valence-electron chi connectivity index (χ3n) is 4.90. The second-order valence-electron chi connectivity index (χ2n) is 6.70. The molecule has 1 heterocycles. The summed E-state index contributed by atoms with van der Waals surface area (Å²) in [6.45, 7) is 7.64. The first-order valence-electron chi connectivity index (χ1n) is 7.55. The van der Waals surface area contributed by atoms with Gasteiger partial charge in [-0.2, -0.15) is 0 Å². The lowest BCUT2D eigenvalue weighted by molar-refractivity contribution is -0.141. The van der Waals surface area contributed by atoms with Gasteiger partial charge in [-0.25, -0.2) is 0 Å². The van der Waals surface area contributed by atoms with Gasteiger partial charge in [-0.3, -0.25) is 4.79 Å². The minimum absolute atomic E-state index is 0.0737. The molecule has 2 aliphatic rings. The maximum Gasteiger partial charge on any atom is 0.227 e. The molecule has 1 aliphatic heterocycles. The molecule has 2 fully saturated rings. The lowest BCUT2D eigenvalue weighted by atomic mass is 9.78. The highest BCUT2D eigenvalue weighted by atomic mass is 16.2. The molecule has 1 saturated heterocycles. The van der Waals surface area contributed by atoms with Crippen molar-refractivity contribution in [1.29, 1.82) is 0 Å². The number of hydrogen-bond acceptors (Lipinski definition) is 2. The Hall–Kier alpha value is -0.570. The number of nitrogens with zero attached hydrogens (tertiary/aromatic N) is 1. The van der Waals surface area contributed by atoms with Gasteiger partial charge in [0.15, 0.2) is 0 Å². The van der Waals surface area contributed by atoms with Gasteiger partial charge in [-0.1, -0.05) is 13.8 Å². The van der Waals surface area contributed by atoms with Crippen LogP contribution in [0, 0.1) is 17.8 Å². The normalized spacial score (nSPS) is 41.8. The third-order valence-corrected chi connectivity index (χ3v) is 4.90. The summed E-state index contributed by atoms with van der Waals surface area (Å²) >= 11 is 0. The summed E-state index contributed by atoms with van der Waals surface area (Å²) in [6, 6.07) is 0.478. The highest BCUT2D eigenvalue weighted by Crippen LogP contribution is 2.31. The number of carbonyl (C=O) groups excluding carboxylic acids is 1. The highest BCUT2D eigenvalue weighted by Gasteiger charge is 2.37. The fourth-order valence-electron chi connectivity index (χ4n) is 3.64. The van der Waals surface area contributed by atoms with Crippen molar-refractivity contribution in [3.63, 3.8) is 0 Å². The summed E-state index contributed by atoms with van der Waals surface area (Å²) in [5.41, 5.74) is 6.17. The van der Waals surface area contributed by atoms with Crippen LogP contribution in [-0.4, -0.2) is 29.4 Å². The van der Waals surface area contributed by atoms with Crippen molar-refractivity contribution in [3.8, 4) is 0 Å². The molecular formula is C15H28N2O. The maximum absolute atomic E-state index is 12.7. The van der Waals surface area contributed by atoms with Gasteiger partial charge in [0, 0.05) is 18.6 Å². The summed E-state index contributed by atoms with van der Waals surface area (Å²) in [5.74, 6) is 1.80. The Bertz CT molecular complexity index is 305. The molecule has 2 N–H and O–H groups in total. The minimum atomic E-state index is 0.0737. The molecule has 1 amide bonds. The molecule has 0 spiro atoms. The number of amides is 1. The molecule has 0 aromatic heterocycles. The molecular weight excluding hydrogens is 224 g/mol. The number of likely N-dealkylation sites (tertiary alicyclic amines) is 1. The maximum atomic E-state index is 12.7. The average molecular weight is 252 g/mol. The Morgan fingerprint density at radius 2 is 1.72 bits per heavy atom. The van der Waals surface area contributed by atoms with Crippen molar-refractivity contribution in [2.24, 2.45) is 23.5 Å². The van der Waals surface area contributed by atoms with E-state index < -0.39 is 0 Å². The van der Waals surface area contributed by atoms with E-state index in [-0.39, 0.29) is 12.0 Å². The van der Waals surface area contributed by atoms with Crippen LogP contribution in [0.2, 0.25) is 0 Å². The van der Waals surface area contributed by atoms with Crippen LogP contribution in [0.3, 0.4) is 0 Å². The third kappa shape index (κ3) is 2.87. The summed E-state index contributed by atoms with van der Waals surface area (Å²) in [5, 5.41) is 0. The van der Waals surface area contributed by atoms with E-state index in [9.17, 15) is 4.79 Å². The fourth-order valence-corrected chi connectivity index (χ4v) is 3.64. The first-order valence-corrected chi connectivity index (χ1v) is 7.55. The molecule has 5 unspecified atom stereocenters. The number of carbonyl (C=O) groups is 1. The minimum Gasteiger partial charge on any atom is -0.340 e. The number of hydrogen-bond donors (Lipinski definition) is 1. The number of rotatable bonds is 1. The van der Waals surface area contributed by atoms with Crippen LogP contribution >= 0.6 is 0 Å². The smallest absolute Gasteiger partial charge is 0.227 e. The molecule has 18 heavy (non-hydrogen) atoms. The lowest BCUT2D eigenvalue weighted by Gasteiger charge is -2.41. The monoisotopic (exact) mass is 252 g/mol. The lowest BCUT2D eigenvalue weighted by Crippen LogP contribution is -2.52. The largest absolute Gasteiger partial charge is 0.340 e. The van der Waals surface area contributed by atoms with Crippen LogP contribution in [0.4, 0.5) is 0 Å². The van der Waals surface area contributed by atoms with Crippen molar-refractivity contribution in [2.75, 3.05) is 6.54 Å². The highest BCUT2D eigenvalue weighted by molar-refractivity contribution is 5.80. The molecule has 2 rings (SSSR count). The standard InChI is InChI=1S/C15H28N2O/c1-10-4-5-14(16)13(9-10)15(18)17-7-6-11(2)8-12(17)3/h10-14H,4-9,16H2,1-3H3. The second-order valence-corrected chi connectivity index (χ2v) is 6.70. The SMILES string of the molecule is CC1CCC(N)C(C(=O)N2CCC(C)CC2C)C1. The quantitative estimate of drug-likeness (QED) is 0.779. The van der Waals surface area contributed by atoms with Crippen LogP contribution in [-0.2, 0) is 4.79 Å². The van der Waals surface area contributed by atoms with Crippen molar-refractivity contribution in [3.05, 3.63) is 0 Å².